The van der Waals surface area contributed by atoms with Crippen molar-refractivity contribution in [1.29, 1.82) is 0 Å². The van der Waals surface area contributed by atoms with Crippen molar-refractivity contribution in [3.05, 3.63) is 19.7 Å². The minimum Gasteiger partial charge on any atom is -0.259 e. The fourth-order valence-corrected chi connectivity index (χ4v) is 0.414. The summed E-state index contributed by atoms with van der Waals surface area (Å²) in [5, 5.41) is 9.48. The van der Waals surface area contributed by atoms with Crippen LogP contribution in [0.4, 0.5) is 0 Å². The zero-order chi connectivity index (χ0) is 5.86. The predicted molar refractivity (Wildman–Crippen MR) is 32.9 cm³/mol. The van der Waals surface area contributed by atoms with Gasteiger partial charge in [-0.25, -0.2) is 0 Å². The lowest BCUT2D eigenvalue weighted by Gasteiger charge is -1.74. The molecule has 0 radical (unpaired) electrons. The predicted octanol–water partition coefficient (Wildman–Crippen LogP) is 1.85. The topological polar surface area (TPSA) is 43.1 Å². The Morgan fingerprint density at radius 1 is 1.71 bits per heavy atom. The second-order valence-electron chi connectivity index (χ2n) is 0.704. The third kappa shape index (κ3) is 6.10. The molecule has 0 aromatic heterocycles. The third-order valence-corrected chi connectivity index (χ3v) is 0.613. The van der Waals surface area contributed by atoms with E-state index in [0.717, 1.165) is 6.20 Å². The van der Waals surface area contributed by atoms with E-state index in [1.54, 1.807) is 0 Å². The Morgan fingerprint density at radius 2 is 2.14 bits per heavy atom. The fourth-order valence-electron chi connectivity index (χ4n) is 0.0797. The van der Waals surface area contributed by atoms with E-state index in [-0.39, 0.29) is 0 Å². The summed E-state index contributed by atoms with van der Waals surface area (Å²) in [7, 11) is 0. The summed E-state index contributed by atoms with van der Waals surface area (Å²) in [6, 6.07) is 0. The van der Waals surface area contributed by atoms with E-state index in [4.69, 9.17) is 0 Å². The molecule has 0 aromatic carbocycles. The molecule has 0 aromatic rings. The lowest BCUT2D eigenvalue weighted by Crippen LogP contribution is -1.80. The summed E-state index contributed by atoms with van der Waals surface area (Å²) in [5.41, 5.74) is 0. The van der Waals surface area contributed by atoms with Gasteiger partial charge in [0.1, 0.15) is 3.39 Å². The molecule has 0 heterocycles. The SMILES string of the molecule is O=[N+]([O-])C=C(Br)Br. The number of hydrogen-bond donors (Lipinski definition) is 0. The van der Waals surface area contributed by atoms with Crippen LogP contribution < -0.4 is 0 Å². The summed E-state index contributed by atoms with van der Waals surface area (Å²) in [4.78, 5) is 8.92. The van der Waals surface area contributed by atoms with Crippen LogP contribution >= 0.6 is 31.9 Å². The number of halogens is 2. The number of nitrogens with zero attached hydrogens (tertiary/aromatic N) is 1. The van der Waals surface area contributed by atoms with Crippen LogP contribution in [0.2, 0.25) is 0 Å². The fraction of sp³-hybridized carbons (Fsp3) is 0. The molecule has 40 valence electrons. The third-order valence-electron chi connectivity index (χ3n) is 0.203. The highest BCUT2D eigenvalue weighted by Crippen LogP contribution is 2.11. The highest BCUT2D eigenvalue weighted by Gasteiger charge is 1.88. The normalized spacial score (nSPS) is 7.71. The molecular weight excluding hydrogens is 230 g/mol. The summed E-state index contributed by atoms with van der Waals surface area (Å²) in [6.45, 7) is 0. The van der Waals surface area contributed by atoms with E-state index < -0.39 is 4.92 Å². The average molecular weight is 231 g/mol. The van der Waals surface area contributed by atoms with Crippen molar-refractivity contribution in [2.24, 2.45) is 0 Å². The van der Waals surface area contributed by atoms with Gasteiger partial charge in [-0.2, -0.15) is 0 Å². The van der Waals surface area contributed by atoms with Gasteiger partial charge < -0.3 is 0 Å². The molecule has 0 aliphatic rings. The zero-order valence-corrected chi connectivity index (χ0v) is 6.27. The minimum absolute atomic E-state index is 0.338. The van der Waals surface area contributed by atoms with Gasteiger partial charge in [-0.1, -0.05) is 0 Å². The van der Waals surface area contributed by atoms with E-state index in [0.29, 0.717) is 3.39 Å². The minimum atomic E-state index is -0.557. The van der Waals surface area contributed by atoms with Crippen molar-refractivity contribution in [3.63, 3.8) is 0 Å². The van der Waals surface area contributed by atoms with E-state index in [2.05, 4.69) is 31.9 Å². The summed E-state index contributed by atoms with van der Waals surface area (Å²) < 4.78 is 0.338. The maximum absolute atomic E-state index is 9.48. The molecule has 3 nitrogen and oxygen atoms in total. The smallest absolute Gasteiger partial charge is 0.255 e. The van der Waals surface area contributed by atoms with Crippen molar-refractivity contribution in [2.45, 2.75) is 0 Å². The van der Waals surface area contributed by atoms with Gasteiger partial charge in [0, 0.05) is 0 Å². The summed E-state index contributed by atoms with van der Waals surface area (Å²) in [5.74, 6) is 0. The largest absolute Gasteiger partial charge is 0.259 e. The van der Waals surface area contributed by atoms with Crippen LogP contribution in [0.5, 0.6) is 0 Å². The lowest BCUT2D eigenvalue weighted by molar-refractivity contribution is -0.402. The van der Waals surface area contributed by atoms with Crippen LogP contribution in [-0.4, -0.2) is 4.92 Å². The molecule has 0 spiro atoms. The van der Waals surface area contributed by atoms with Crippen LogP contribution in [0, 0.1) is 10.1 Å². The number of nitro groups is 1. The van der Waals surface area contributed by atoms with Crippen molar-refractivity contribution < 1.29 is 4.92 Å². The molecule has 0 saturated heterocycles. The van der Waals surface area contributed by atoms with E-state index in [1.807, 2.05) is 0 Å². The van der Waals surface area contributed by atoms with E-state index in [1.165, 1.54) is 0 Å². The molecule has 5 heteroatoms. The molecule has 0 aliphatic carbocycles. The zero-order valence-electron chi connectivity index (χ0n) is 3.10. The first-order chi connectivity index (χ1) is 3.13. The first-order valence-electron chi connectivity index (χ1n) is 1.29. The molecule has 0 unspecified atom stereocenters. The molecule has 0 saturated carbocycles. The van der Waals surface area contributed by atoms with Gasteiger partial charge in [-0.15, -0.1) is 0 Å². The quantitative estimate of drug-likeness (QED) is 0.510. The maximum Gasteiger partial charge on any atom is 0.255 e. The van der Waals surface area contributed by atoms with Gasteiger partial charge in [-0.05, 0) is 31.9 Å². The van der Waals surface area contributed by atoms with Crippen molar-refractivity contribution in [3.8, 4) is 0 Å². The highest BCUT2D eigenvalue weighted by molar-refractivity contribution is 9.28. The van der Waals surface area contributed by atoms with Gasteiger partial charge in [0.25, 0.3) is 6.20 Å². The Morgan fingerprint density at radius 3 is 2.14 bits per heavy atom. The first kappa shape index (κ1) is 7.10. The van der Waals surface area contributed by atoms with Crippen LogP contribution in [0.15, 0.2) is 9.59 Å². The van der Waals surface area contributed by atoms with Gasteiger partial charge in [0.15, 0.2) is 0 Å². The van der Waals surface area contributed by atoms with Gasteiger partial charge in [-0.3, -0.25) is 10.1 Å². The molecular formula is C2HBr2NO2. The Balaban J connectivity index is 3.68. The summed E-state index contributed by atoms with van der Waals surface area (Å²) >= 11 is 5.62. The van der Waals surface area contributed by atoms with Crippen molar-refractivity contribution in [1.82, 2.24) is 0 Å². The van der Waals surface area contributed by atoms with Crippen molar-refractivity contribution in [2.75, 3.05) is 0 Å². The van der Waals surface area contributed by atoms with Crippen LogP contribution in [0.3, 0.4) is 0 Å². The molecule has 0 fully saturated rings. The highest BCUT2D eigenvalue weighted by atomic mass is 79.9. The molecule has 0 aliphatic heterocycles. The van der Waals surface area contributed by atoms with Crippen molar-refractivity contribution >= 4 is 31.9 Å². The van der Waals surface area contributed by atoms with Crippen LogP contribution in [-0.2, 0) is 0 Å². The second-order valence-corrected chi connectivity index (χ2v) is 3.48. The average Bonchev–Trinajstić information content (AvgIpc) is 1.27. The first-order valence-corrected chi connectivity index (χ1v) is 2.88. The Labute approximate surface area is 56.8 Å². The lowest BCUT2D eigenvalue weighted by atomic mass is 11.1. The second kappa shape index (κ2) is 3.15. The molecule has 0 amide bonds. The molecule has 7 heavy (non-hydrogen) atoms. The molecule has 0 atom stereocenters. The van der Waals surface area contributed by atoms with Gasteiger partial charge in [0.2, 0.25) is 0 Å². The Bertz CT molecular complexity index is 106. The Kier molecular flexibility index (Phi) is 3.19. The molecule has 0 bridgehead atoms. The standard InChI is InChI=1S/C2HBr2NO2/c3-2(4)1-5(6)7/h1H. The molecule has 0 rings (SSSR count). The van der Waals surface area contributed by atoms with Crippen LogP contribution in [0.1, 0.15) is 0 Å². The molecule has 0 N–H and O–H groups in total. The maximum atomic E-state index is 9.48. The van der Waals surface area contributed by atoms with E-state index >= 15 is 0 Å². The van der Waals surface area contributed by atoms with E-state index in [9.17, 15) is 10.1 Å². The number of rotatable bonds is 1. The van der Waals surface area contributed by atoms with Gasteiger partial charge >= 0.3 is 0 Å². The Hall–Kier alpha value is 0.1000. The number of hydrogen-bond acceptors (Lipinski definition) is 2. The monoisotopic (exact) mass is 229 g/mol. The van der Waals surface area contributed by atoms with Gasteiger partial charge in [0.05, 0.1) is 4.92 Å². The van der Waals surface area contributed by atoms with Crippen LogP contribution in [0.25, 0.3) is 0 Å². The summed E-state index contributed by atoms with van der Waals surface area (Å²) in [6.07, 6.45) is 0.806.